The smallest absolute Gasteiger partial charge is 0.475 e. The Bertz CT molecular complexity index is 888. The van der Waals surface area contributed by atoms with E-state index < -0.39 is 12.1 Å². The van der Waals surface area contributed by atoms with Gasteiger partial charge in [0, 0.05) is 63.7 Å². The molecule has 0 radical (unpaired) electrons. The second-order valence-electron chi connectivity index (χ2n) is 7.60. The Morgan fingerprint density at radius 3 is 2.58 bits per heavy atom. The number of halogens is 3. The highest BCUT2D eigenvalue weighted by atomic mass is 19.4. The zero-order chi connectivity index (χ0) is 22.4. The lowest BCUT2D eigenvalue weighted by atomic mass is 10.1. The first-order valence-electron chi connectivity index (χ1n) is 9.92. The molecule has 1 saturated heterocycles. The third kappa shape index (κ3) is 6.51. The summed E-state index contributed by atoms with van der Waals surface area (Å²) in [6.07, 6.45) is 2.39. The molecule has 8 nitrogen and oxygen atoms in total. The Morgan fingerprint density at radius 2 is 1.97 bits per heavy atom. The van der Waals surface area contributed by atoms with Gasteiger partial charge in [0.2, 0.25) is 5.91 Å². The van der Waals surface area contributed by atoms with E-state index in [1.807, 2.05) is 29.4 Å². The van der Waals surface area contributed by atoms with Gasteiger partial charge < -0.3 is 14.6 Å². The van der Waals surface area contributed by atoms with Gasteiger partial charge in [-0.05, 0) is 18.6 Å². The monoisotopic (exact) mass is 439 g/mol. The molecule has 1 atom stereocenters. The van der Waals surface area contributed by atoms with Crippen LogP contribution in [0.5, 0.6) is 0 Å². The molecule has 2 aromatic rings. The number of rotatable bonds is 4. The molecule has 0 spiro atoms. The quantitative estimate of drug-likeness (QED) is 0.785. The van der Waals surface area contributed by atoms with Crippen molar-refractivity contribution < 1.29 is 27.9 Å². The van der Waals surface area contributed by atoms with Gasteiger partial charge in [-0.25, -0.2) is 9.78 Å². The van der Waals surface area contributed by atoms with Gasteiger partial charge in [0.15, 0.2) is 0 Å². The Kier molecular flexibility index (Phi) is 7.26. The Morgan fingerprint density at radius 1 is 1.19 bits per heavy atom. The SMILES string of the molecule is O=C(O)C(F)(F)F.O=C1CCCN1CC1CN(Cc2ccccn2)Cc2nccn2C1. The van der Waals surface area contributed by atoms with Crippen LogP contribution in [-0.4, -0.2) is 67.1 Å². The lowest BCUT2D eigenvalue weighted by molar-refractivity contribution is -0.192. The molecule has 168 valence electrons. The number of aromatic nitrogens is 3. The average molecular weight is 439 g/mol. The zero-order valence-corrected chi connectivity index (χ0v) is 16.8. The number of alkyl halides is 3. The minimum absolute atomic E-state index is 0.307. The number of carbonyl (C=O) groups excluding carboxylic acids is 1. The number of aliphatic carboxylic acids is 1. The molecule has 0 saturated carbocycles. The molecule has 0 aliphatic carbocycles. The normalized spacial score (nSPS) is 19.4. The standard InChI is InChI=1S/C18H23N5O.C2HF3O2/c24-18-5-3-8-23(18)12-15-10-21(13-16-4-1-2-6-19-16)14-17-20-7-9-22(17)11-15;3-2(4,5)1(6)7/h1-2,4,6-7,9,15H,3,5,8,10-14H2;(H,6,7). The van der Waals surface area contributed by atoms with Crippen LogP contribution >= 0.6 is 0 Å². The van der Waals surface area contributed by atoms with Gasteiger partial charge in [0.1, 0.15) is 5.82 Å². The molecule has 4 rings (SSSR count). The molecule has 1 amide bonds. The highest BCUT2D eigenvalue weighted by Gasteiger charge is 2.38. The fraction of sp³-hybridized carbons (Fsp3) is 0.500. The molecule has 0 bridgehead atoms. The van der Waals surface area contributed by atoms with Crippen molar-refractivity contribution in [3.05, 3.63) is 48.3 Å². The number of carboxylic acids is 1. The molecule has 31 heavy (non-hydrogen) atoms. The third-order valence-electron chi connectivity index (χ3n) is 5.14. The van der Waals surface area contributed by atoms with E-state index in [9.17, 15) is 18.0 Å². The Labute approximate surface area is 177 Å². The van der Waals surface area contributed by atoms with Gasteiger partial charge in [-0.3, -0.25) is 14.7 Å². The minimum atomic E-state index is -5.08. The fourth-order valence-corrected chi connectivity index (χ4v) is 3.79. The van der Waals surface area contributed by atoms with Crippen molar-refractivity contribution in [2.75, 3.05) is 19.6 Å². The summed E-state index contributed by atoms with van der Waals surface area (Å²) in [7, 11) is 0. The Hall–Kier alpha value is -2.95. The first-order valence-corrected chi connectivity index (χ1v) is 9.92. The van der Waals surface area contributed by atoms with E-state index in [0.717, 1.165) is 57.2 Å². The topological polar surface area (TPSA) is 91.6 Å². The maximum Gasteiger partial charge on any atom is 0.490 e. The number of amides is 1. The van der Waals surface area contributed by atoms with Crippen molar-refractivity contribution in [3.63, 3.8) is 0 Å². The summed E-state index contributed by atoms with van der Waals surface area (Å²) in [5.41, 5.74) is 1.08. The van der Waals surface area contributed by atoms with Gasteiger partial charge in [0.05, 0.1) is 12.2 Å². The first-order chi connectivity index (χ1) is 14.7. The average Bonchev–Trinajstić information content (AvgIpc) is 3.27. The number of pyridine rings is 1. The number of nitrogens with zero attached hydrogens (tertiary/aromatic N) is 5. The van der Waals surface area contributed by atoms with Crippen molar-refractivity contribution in [2.45, 2.75) is 38.7 Å². The van der Waals surface area contributed by atoms with Gasteiger partial charge in [-0.2, -0.15) is 13.2 Å². The number of imidazole rings is 1. The highest BCUT2D eigenvalue weighted by molar-refractivity contribution is 5.78. The van der Waals surface area contributed by atoms with E-state index in [-0.39, 0.29) is 0 Å². The molecule has 0 aromatic carbocycles. The second-order valence-corrected chi connectivity index (χ2v) is 7.60. The van der Waals surface area contributed by atoms with Crippen LogP contribution in [0, 0.1) is 5.92 Å². The number of fused-ring (bicyclic) bond motifs is 1. The molecular weight excluding hydrogens is 415 g/mol. The molecular formula is C20H24F3N5O3. The van der Waals surface area contributed by atoms with Crippen LogP contribution in [0.4, 0.5) is 13.2 Å². The summed E-state index contributed by atoms with van der Waals surface area (Å²) in [6, 6.07) is 6.04. The number of hydrogen-bond donors (Lipinski definition) is 1. The van der Waals surface area contributed by atoms with Crippen LogP contribution in [0.25, 0.3) is 0 Å². The zero-order valence-electron chi connectivity index (χ0n) is 16.8. The van der Waals surface area contributed by atoms with Crippen LogP contribution in [0.3, 0.4) is 0 Å². The number of carbonyl (C=O) groups is 2. The van der Waals surface area contributed by atoms with Crippen LogP contribution in [0.2, 0.25) is 0 Å². The van der Waals surface area contributed by atoms with Crippen molar-refractivity contribution in [2.24, 2.45) is 5.92 Å². The maximum atomic E-state index is 12.0. The van der Waals surface area contributed by atoms with Crippen molar-refractivity contribution in [1.29, 1.82) is 0 Å². The number of carboxylic acid groups (broad SMARTS) is 1. The fourth-order valence-electron chi connectivity index (χ4n) is 3.79. The predicted molar refractivity (Wildman–Crippen MR) is 104 cm³/mol. The van der Waals surface area contributed by atoms with E-state index in [1.54, 1.807) is 0 Å². The Balaban J connectivity index is 0.000000339. The summed E-state index contributed by atoms with van der Waals surface area (Å²) < 4.78 is 34.0. The summed E-state index contributed by atoms with van der Waals surface area (Å²) in [5.74, 6) is -0.929. The van der Waals surface area contributed by atoms with Crippen LogP contribution in [0.1, 0.15) is 24.4 Å². The molecule has 2 aromatic heterocycles. The number of likely N-dealkylation sites (tertiary alicyclic amines) is 1. The maximum absolute atomic E-state index is 12.0. The summed E-state index contributed by atoms with van der Waals surface area (Å²) in [5, 5.41) is 7.12. The van der Waals surface area contributed by atoms with Gasteiger partial charge in [-0.1, -0.05) is 6.07 Å². The van der Waals surface area contributed by atoms with E-state index >= 15 is 0 Å². The van der Waals surface area contributed by atoms with Crippen LogP contribution in [-0.2, 0) is 29.2 Å². The third-order valence-corrected chi connectivity index (χ3v) is 5.14. The molecule has 4 heterocycles. The van der Waals surface area contributed by atoms with Crippen LogP contribution < -0.4 is 0 Å². The second kappa shape index (κ2) is 9.90. The lowest BCUT2D eigenvalue weighted by Crippen LogP contribution is -2.37. The predicted octanol–water partition coefficient (Wildman–Crippen LogP) is 2.17. The van der Waals surface area contributed by atoms with Crippen molar-refractivity contribution in [1.82, 2.24) is 24.3 Å². The van der Waals surface area contributed by atoms with Gasteiger partial charge in [-0.15, -0.1) is 0 Å². The van der Waals surface area contributed by atoms with E-state index in [4.69, 9.17) is 9.90 Å². The minimum Gasteiger partial charge on any atom is -0.475 e. The lowest BCUT2D eigenvalue weighted by Gasteiger charge is -2.27. The largest absolute Gasteiger partial charge is 0.490 e. The number of hydrogen-bond acceptors (Lipinski definition) is 5. The van der Waals surface area contributed by atoms with Gasteiger partial charge in [0.25, 0.3) is 0 Å². The summed E-state index contributed by atoms with van der Waals surface area (Å²) in [6.45, 7) is 5.29. The van der Waals surface area contributed by atoms with Crippen molar-refractivity contribution in [3.8, 4) is 0 Å². The molecule has 2 aliphatic heterocycles. The molecule has 2 aliphatic rings. The highest BCUT2D eigenvalue weighted by Crippen LogP contribution is 2.20. The van der Waals surface area contributed by atoms with E-state index in [2.05, 4.69) is 31.7 Å². The summed E-state index contributed by atoms with van der Waals surface area (Å²) >= 11 is 0. The first kappa shape index (κ1) is 22.7. The summed E-state index contributed by atoms with van der Waals surface area (Å²) in [4.78, 5) is 34.3. The van der Waals surface area contributed by atoms with E-state index in [1.165, 1.54) is 0 Å². The molecule has 1 fully saturated rings. The molecule has 11 heteroatoms. The molecule has 1 unspecified atom stereocenters. The van der Waals surface area contributed by atoms with E-state index in [0.29, 0.717) is 18.2 Å². The van der Waals surface area contributed by atoms with Crippen LogP contribution in [0.15, 0.2) is 36.8 Å². The van der Waals surface area contributed by atoms with Gasteiger partial charge >= 0.3 is 12.1 Å². The van der Waals surface area contributed by atoms with Crippen molar-refractivity contribution >= 4 is 11.9 Å². The molecule has 1 N–H and O–H groups in total.